The topological polar surface area (TPSA) is 85.0 Å². The number of pyridine rings is 1. The normalized spacial score (nSPS) is 10.6. The third-order valence-electron chi connectivity index (χ3n) is 2.89. The fraction of sp³-hybridized carbons (Fsp3) is 0.286. The van der Waals surface area contributed by atoms with Crippen LogP contribution in [0.2, 0.25) is 0 Å². The Morgan fingerprint density at radius 1 is 1.35 bits per heavy atom. The van der Waals surface area contributed by atoms with Crippen molar-refractivity contribution in [3.05, 3.63) is 42.2 Å². The van der Waals surface area contributed by atoms with Gasteiger partial charge in [0.25, 0.3) is 5.91 Å². The average molecular weight is 271 g/mol. The number of nitrogens with zero attached hydrogens (tertiary/aromatic N) is 4. The van der Waals surface area contributed by atoms with Crippen molar-refractivity contribution in [2.75, 3.05) is 17.7 Å². The molecule has 6 nitrogen and oxygen atoms in total. The van der Waals surface area contributed by atoms with Crippen LogP contribution < -0.4 is 10.6 Å². The van der Waals surface area contributed by atoms with Gasteiger partial charge in [-0.2, -0.15) is 0 Å². The summed E-state index contributed by atoms with van der Waals surface area (Å²) in [5.41, 5.74) is 6.99. The molecule has 2 N–H and O–H groups in total. The van der Waals surface area contributed by atoms with Gasteiger partial charge in [0.1, 0.15) is 5.82 Å². The zero-order valence-corrected chi connectivity index (χ0v) is 11.7. The first kappa shape index (κ1) is 13.9. The lowest BCUT2D eigenvalue weighted by atomic mass is 10.2. The van der Waals surface area contributed by atoms with Crippen molar-refractivity contribution in [3.8, 4) is 0 Å². The molecule has 0 fully saturated rings. The molecule has 20 heavy (non-hydrogen) atoms. The third-order valence-corrected chi connectivity index (χ3v) is 2.89. The van der Waals surface area contributed by atoms with Gasteiger partial charge in [-0.25, -0.2) is 9.97 Å². The number of anilines is 2. The van der Waals surface area contributed by atoms with E-state index in [0.29, 0.717) is 11.5 Å². The molecular formula is C14H17N5O. The smallest absolute Gasteiger partial charge is 0.278 e. The van der Waals surface area contributed by atoms with Gasteiger partial charge in [-0.15, -0.1) is 0 Å². The van der Waals surface area contributed by atoms with E-state index < -0.39 is 0 Å². The van der Waals surface area contributed by atoms with Crippen LogP contribution in [0.15, 0.2) is 30.7 Å². The van der Waals surface area contributed by atoms with Crippen molar-refractivity contribution in [1.82, 2.24) is 15.0 Å². The SMILES string of the molecule is CC(C)c1ncc(N)c(C(=O)N(C)c2cccnc2)n1. The van der Waals surface area contributed by atoms with Crippen LogP contribution in [-0.2, 0) is 0 Å². The van der Waals surface area contributed by atoms with Crippen LogP contribution in [0.5, 0.6) is 0 Å². The minimum absolute atomic E-state index is 0.130. The van der Waals surface area contributed by atoms with Crippen molar-refractivity contribution in [3.63, 3.8) is 0 Å². The van der Waals surface area contributed by atoms with Gasteiger partial charge in [-0.05, 0) is 12.1 Å². The monoisotopic (exact) mass is 271 g/mol. The maximum Gasteiger partial charge on any atom is 0.278 e. The first-order chi connectivity index (χ1) is 9.50. The molecule has 2 aromatic rings. The molecule has 6 heteroatoms. The molecule has 0 saturated carbocycles. The molecule has 0 atom stereocenters. The Hall–Kier alpha value is -2.50. The summed E-state index contributed by atoms with van der Waals surface area (Å²) in [6.07, 6.45) is 4.74. The summed E-state index contributed by atoms with van der Waals surface area (Å²) >= 11 is 0. The van der Waals surface area contributed by atoms with E-state index in [1.54, 1.807) is 31.6 Å². The fourth-order valence-corrected chi connectivity index (χ4v) is 1.68. The molecule has 0 unspecified atom stereocenters. The van der Waals surface area contributed by atoms with E-state index in [2.05, 4.69) is 15.0 Å². The van der Waals surface area contributed by atoms with Crippen LogP contribution >= 0.6 is 0 Å². The lowest BCUT2D eigenvalue weighted by Crippen LogP contribution is -2.28. The number of hydrogen-bond donors (Lipinski definition) is 1. The van der Waals surface area contributed by atoms with E-state index in [-0.39, 0.29) is 23.2 Å². The summed E-state index contributed by atoms with van der Waals surface area (Å²) in [4.78, 5) is 26.3. The van der Waals surface area contributed by atoms with Gasteiger partial charge in [0, 0.05) is 19.2 Å². The lowest BCUT2D eigenvalue weighted by Gasteiger charge is -2.17. The van der Waals surface area contributed by atoms with E-state index >= 15 is 0 Å². The van der Waals surface area contributed by atoms with Crippen molar-refractivity contribution in [2.24, 2.45) is 0 Å². The van der Waals surface area contributed by atoms with Crippen LogP contribution in [0.1, 0.15) is 36.1 Å². The molecule has 2 aromatic heterocycles. The Morgan fingerprint density at radius 3 is 2.70 bits per heavy atom. The fourth-order valence-electron chi connectivity index (χ4n) is 1.68. The minimum Gasteiger partial charge on any atom is -0.396 e. The molecule has 0 spiro atoms. The molecular weight excluding hydrogens is 254 g/mol. The molecule has 0 aliphatic carbocycles. The molecule has 0 aliphatic rings. The zero-order chi connectivity index (χ0) is 14.7. The quantitative estimate of drug-likeness (QED) is 0.920. The Balaban J connectivity index is 2.36. The Labute approximate surface area is 117 Å². The second-order valence-corrected chi connectivity index (χ2v) is 4.76. The molecule has 0 saturated heterocycles. The number of rotatable bonds is 3. The van der Waals surface area contributed by atoms with Gasteiger partial charge in [0.2, 0.25) is 0 Å². The maximum atomic E-state index is 12.5. The number of carbonyl (C=O) groups is 1. The highest BCUT2D eigenvalue weighted by Gasteiger charge is 2.19. The van der Waals surface area contributed by atoms with E-state index in [9.17, 15) is 4.79 Å². The van der Waals surface area contributed by atoms with E-state index in [4.69, 9.17) is 5.73 Å². The van der Waals surface area contributed by atoms with Gasteiger partial charge in [-0.1, -0.05) is 13.8 Å². The highest BCUT2D eigenvalue weighted by molar-refractivity contribution is 6.07. The van der Waals surface area contributed by atoms with Gasteiger partial charge in [-0.3, -0.25) is 9.78 Å². The molecule has 0 bridgehead atoms. The first-order valence-electron chi connectivity index (χ1n) is 6.31. The summed E-state index contributed by atoms with van der Waals surface area (Å²) in [5.74, 6) is 0.452. The molecule has 2 rings (SSSR count). The molecule has 0 aliphatic heterocycles. The summed E-state index contributed by atoms with van der Waals surface area (Å²) in [6, 6.07) is 3.56. The van der Waals surface area contributed by atoms with Crippen LogP contribution in [-0.4, -0.2) is 27.9 Å². The summed E-state index contributed by atoms with van der Waals surface area (Å²) < 4.78 is 0. The predicted octanol–water partition coefficient (Wildman–Crippen LogP) is 1.85. The molecule has 104 valence electrons. The van der Waals surface area contributed by atoms with Crippen LogP contribution in [0.3, 0.4) is 0 Å². The minimum atomic E-state index is -0.278. The number of carbonyl (C=O) groups excluding carboxylic acids is 1. The molecule has 2 heterocycles. The van der Waals surface area contributed by atoms with Crippen LogP contribution in [0, 0.1) is 0 Å². The zero-order valence-electron chi connectivity index (χ0n) is 11.7. The summed E-state index contributed by atoms with van der Waals surface area (Å²) in [6.45, 7) is 3.93. The summed E-state index contributed by atoms with van der Waals surface area (Å²) in [7, 11) is 1.66. The lowest BCUT2D eigenvalue weighted by molar-refractivity contribution is 0.0988. The van der Waals surface area contributed by atoms with Gasteiger partial charge in [0.15, 0.2) is 5.69 Å². The van der Waals surface area contributed by atoms with E-state index in [1.165, 1.54) is 11.1 Å². The number of amides is 1. The highest BCUT2D eigenvalue weighted by atomic mass is 16.2. The highest BCUT2D eigenvalue weighted by Crippen LogP contribution is 2.18. The summed E-state index contributed by atoms with van der Waals surface area (Å²) in [5, 5.41) is 0. The van der Waals surface area contributed by atoms with Crippen molar-refractivity contribution in [1.29, 1.82) is 0 Å². The van der Waals surface area contributed by atoms with Crippen LogP contribution in [0.4, 0.5) is 11.4 Å². The van der Waals surface area contributed by atoms with Gasteiger partial charge < -0.3 is 10.6 Å². The largest absolute Gasteiger partial charge is 0.396 e. The van der Waals surface area contributed by atoms with Gasteiger partial charge >= 0.3 is 0 Å². The molecule has 1 amide bonds. The third kappa shape index (κ3) is 2.74. The number of nitrogens with two attached hydrogens (primary N) is 1. The van der Waals surface area contributed by atoms with Gasteiger partial charge in [0.05, 0.1) is 23.8 Å². The van der Waals surface area contributed by atoms with Crippen molar-refractivity contribution < 1.29 is 4.79 Å². The Morgan fingerprint density at radius 2 is 2.10 bits per heavy atom. The second kappa shape index (κ2) is 5.64. The molecule has 0 radical (unpaired) electrons. The van der Waals surface area contributed by atoms with Crippen molar-refractivity contribution in [2.45, 2.75) is 19.8 Å². The number of nitrogen functional groups attached to an aromatic ring is 1. The average Bonchev–Trinajstić information content (AvgIpc) is 2.47. The van der Waals surface area contributed by atoms with E-state index in [1.807, 2.05) is 13.8 Å². The predicted molar refractivity (Wildman–Crippen MR) is 77.5 cm³/mol. The first-order valence-corrected chi connectivity index (χ1v) is 6.31. The Kier molecular flexibility index (Phi) is 3.93. The van der Waals surface area contributed by atoms with Crippen molar-refractivity contribution >= 4 is 17.3 Å². The standard InChI is InChI=1S/C14H17N5O/c1-9(2)13-17-8-11(15)12(18-13)14(20)19(3)10-5-4-6-16-7-10/h4-9H,15H2,1-3H3. The maximum absolute atomic E-state index is 12.5. The second-order valence-electron chi connectivity index (χ2n) is 4.76. The molecule has 0 aromatic carbocycles. The number of hydrogen-bond acceptors (Lipinski definition) is 5. The number of aromatic nitrogens is 3. The van der Waals surface area contributed by atoms with E-state index in [0.717, 1.165) is 0 Å². The Bertz CT molecular complexity index is 612. The van der Waals surface area contributed by atoms with Crippen LogP contribution in [0.25, 0.3) is 0 Å².